The number of hydrogen-bond donors (Lipinski definition) is 0. The molecule has 0 radical (unpaired) electrons. The maximum Gasteiger partial charge on any atom is 0.227 e. The zero-order valence-corrected chi connectivity index (χ0v) is 4.31. The van der Waals surface area contributed by atoms with Crippen molar-refractivity contribution in [3.63, 3.8) is 0 Å². The van der Waals surface area contributed by atoms with Gasteiger partial charge in [0.2, 0.25) is 12.3 Å². The Morgan fingerprint density at radius 2 is 2.33 bits per heavy atom. The normalized spacial score (nSPS) is 29.7. The molecular weight excluding hydrogens is 74.1 g/mol. The topological polar surface area (TPSA) is 3.01 Å². The molecule has 1 aliphatic heterocycles. The van der Waals surface area contributed by atoms with Crippen LogP contribution in [0.15, 0.2) is 0 Å². The minimum atomic E-state index is 0.810. The Kier molecular flexibility index (Phi) is 0.685. The van der Waals surface area contributed by atoms with Gasteiger partial charge in [-0.1, -0.05) is 6.92 Å². The lowest BCUT2D eigenvalue weighted by Gasteiger charge is -1.73. The van der Waals surface area contributed by atoms with Gasteiger partial charge in [0.05, 0.1) is 0 Å². The average molecular weight is 84.1 g/mol. The van der Waals surface area contributed by atoms with Crippen LogP contribution in [0.4, 0.5) is 0 Å². The smallest absolute Gasteiger partial charge is 0.224 e. The van der Waals surface area contributed by atoms with Crippen LogP contribution in [0.25, 0.3) is 0 Å². The van der Waals surface area contributed by atoms with Gasteiger partial charge in [0.25, 0.3) is 0 Å². The average Bonchev–Trinajstić information content (AvgIpc) is 2.19. The lowest BCUT2D eigenvalue weighted by Crippen LogP contribution is -1.92. The van der Waals surface area contributed by atoms with E-state index in [0.717, 1.165) is 6.04 Å². The molecule has 0 saturated carbocycles. The Hall–Kier alpha value is -0.330. The fourth-order valence-corrected chi connectivity index (χ4v) is 0.626. The molecule has 0 aromatic carbocycles. The summed E-state index contributed by atoms with van der Waals surface area (Å²) in [6.07, 6.45) is 3.50. The molecule has 1 rings (SSSR count). The van der Waals surface area contributed by atoms with Gasteiger partial charge in [-0.3, -0.25) is 0 Å². The summed E-state index contributed by atoms with van der Waals surface area (Å²) in [5.74, 6) is 0. The molecule has 1 unspecified atom stereocenters. The number of rotatable bonds is 1. The van der Waals surface area contributed by atoms with Gasteiger partial charge in [-0.05, 0) is 0 Å². The predicted octanol–water partition coefficient (Wildman–Crippen LogP) is 0.492. The summed E-state index contributed by atoms with van der Waals surface area (Å²) in [6, 6.07) is 0.810. The van der Waals surface area contributed by atoms with Crippen molar-refractivity contribution >= 4 is 6.21 Å². The van der Waals surface area contributed by atoms with Gasteiger partial charge in [0, 0.05) is 6.42 Å². The van der Waals surface area contributed by atoms with Gasteiger partial charge in [-0.2, -0.15) is 0 Å². The molecule has 0 aromatic heterocycles. The lowest BCUT2D eigenvalue weighted by atomic mass is 10.3. The van der Waals surface area contributed by atoms with Crippen molar-refractivity contribution in [2.75, 3.05) is 7.05 Å². The van der Waals surface area contributed by atoms with E-state index in [1.165, 1.54) is 6.42 Å². The molecule has 0 amide bonds. The molecule has 1 atom stereocenters. The largest absolute Gasteiger partial charge is 0.227 e. The van der Waals surface area contributed by atoms with Crippen LogP contribution < -0.4 is 0 Å². The van der Waals surface area contributed by atoms with E-state index in [1.54, 1.807) is 0 Å². The highest BCUT2D eigenvalue weighted by Crippen LogP contribution is 2.01. The molecule has 0 N–H and O–H groups in total. The highest BCUT2D eigenvalue weighted by Gasteiger charge is 2.27. The third-order valence-electron chi connectivity index (χ3n) is 1.26. The Labute approximate surface area is 38.3 Å². The Morgan fingerprint density at radius 3 is 2.33 bits per heavy atom. The first kappa shape index (κ1) is 3.85. The van der Waals surface area contributed by atoms with E-state index in [2.05, 4.69) is 24.8 Å². The Balaban J connectivity index is 2.18. The van der Waals surface area contributed by atoms with Crippen LogP contribution in [0.1, 0.15) is 13.3 Å². The predicted molar refractivity (Wildman–Crippen MR) is 26.3 cm³/mol. The molecule has 0 spiro atoms. The third kappa shape index (κ3) is 0.445. The molecular formula is C5H10N+. The van der Waals surface area contributed by atoms with Crippen molar-refractivity contribution in [1.82, 2.24) is 0 Å². The molecule has 6 heavy (non-hydrogen) atoms. The lowest BCUT2D eigenvalue weighted by molar-refractivity contribution is -0.436. The monoisotopic (exact) mass is 84.1 g/mol. The van der Waals surface area contributed by atoms with Gasteiger partial charge in [0.1, 0.15) is 7.05 Å². The van der Waals surface area contributed by atoms with Crippen molar-refractivity contribution in [3.05, 3.63) is 0 Å². The second-order valence-corrected chi connectivity index (χ2v) is 1.79. The summed E-state index contributed by atoms with van der Waals surface area (Å²) >= 11 is 0. The zero-order valence-electron chi connectivity index (χ0n) is 4.31. The van der Waals surface area contributed by atoms with Crippen LogP contribution in [-0.4, -0.2) is 23.9 Å². The minimum Gasteiger partial charge on any atom is -0.224 e. The highest BCUT2D eigenvalue weighted by atomic mass is 15.1. The molecule has 1 nitrogen and oxygen atoms in total. The summed E-state index contributed by atoms with van der Waals surface area (Å²) in [7, 11) is 2.11. The van der Waals surface area contributed by atoms with Crippen molar-refractivity contribution in [2.24, 2.45) is 0 Å². The summed E-state index contributed by atoms with van der Waals surface area (Å²) in [6.45, 7) is 2.20. The number of hydrogen-bond acceptors (Lipinski definition) is 0. The highest BCUT2D eigenvalue weighted by molar-refractivity contribution is 5.65. The minimum absolute atomic E-state index is 0.810. The Morgan fingerprint density at radius 1 is 1.83 bits per heavy atom. The summed E-state index contributed by atoms with van der Waals surface area (Å²) in [5.41, 5.74) is 0. The molecule has 34 valence electrons. The van der Waals surface area contributed by atoms with E-state index >= 15 is 0 Å². The van der Waals surface area contributed by atoms with E-state index in [-0.39, 0.29) is 0 Å². The van der Waals surface area contributed by atoms with Gasteiger partial charge >= 0.3 is 0 Å². The molecule has 0 aromatic rings. The second kappa shape index (κ2) is 1.07. The summed E-state index contributed by atoms with van der Waals surface area (Å²) in [4.78, 5) is 0. The van der Waals surface area contributed by atoms with E-state index in [9.17, 15) is 0 Å². The van der Waals surface area contributed by atoms with Gasteiger partial charge in [0.15, 0.2) is 0 Å². The first-order valence-corrected chi connectivity index (χ1v) is 2.41. The summed E-state index contributed by atoms with van der Waals surface area (Å²) in [5, 5.41) is 0. The van der Waals surface area contributed by atoms with Gasteiger partial charge in [-0.15, -0.1) is 0 Å². The van der Waals surface area contributed by atoms with Gasteiger partial charge in [-0.25, -0.2) is 4.58 Å². The molecule has 1 aliphatic rings. The van der Waals surface area contributed by atoms with Crippen LogP contribution in [-0.2, 0) is 0 Å². The van der Waals surface area contributed by atoms with E-state index in [4.69, 9.17) is 0 Å². The maximum absolute atomic E-state index is 2.22. The van der Waals surface area contributed by atoms with Crippen molar-refractivity contribution in [1.29, 1.82) is 0 Å². The third-order valence-corrected chi connectivity index (χ3v) is 1.26. The van der Waals surface area contributed by atoms with Crippen molar-refractivity contribution in [3.8, 4) is 0 Å². The summed E-state index contributed by atoms with van der Waals surface area (Å²) < 4.78 is 2.22. The Bertz CT molecular complexity index is 83.9. The van der Waals surface area contributed by atoms with Crippen molar-refractivity contribution in [2.45, 2.75) is 19.4 Å². The molecule has 1 heteroatoms. The number of nitrogens with zero attached hydrogens (tertiary/aromatic N) is 1. The molecule has 1 heterocycles. The van der Waals surface area contributed by atoms with Gasteiger partial charge < -0.3 is 0 Å². The first-order chi connectivity index (χ1) is 2.84. The molecule has 0 fully saturated rings. The quantitative estimate of drug-likeness (QED) is 0.407. The van der Waals surface area contributed by atoms with Crippen LogP contribution in [0, 0.1) is 0 Å². The first-order valence-electron chi connectivity index (χ1n) is 2.41. The molecule has 0 saturated heterocycles. The molecule has 0 bridgehead atoms. The van der Waals surface area contributed by atoms with Crippen molar-refractivity contribution < 1.29 is 4.58 Å². The fraction of sp³-hybridized carbons (Fsp3) is 0.800. The van der Waals surface area contributed by atoms with Crippen LogP contribution in [0.3, 0.4) is 0 Å². The van der Waals surface area contributed by atoms with E-state index in [1.807, 2.05) is 0 Å². The van der Waals surface area contributed by atoms with Crippen LogP contribution in [0.2, 0.25) is 0 Å². The zero-order chi connectivity index (χ0) is 4.57. The second-order valence-electron chi connectivity index (χ2n) is 1.79. The van der Waals surface area contributed by atoms with Crippen LogP contribution >= 0.6 is 0 Å². The fourth-order valence-electron chi connectivity index (χ4n) is 0.626. The molecule has 0 aliphatic carbocycles. The van der Waals surface area contributed by atoms with Crippen LogP contribution in [0.5, 0.6) is 0 Å². The standard InChI is InChI=1S/C5H10N/c1-3-5-4-6(5)2/h4-5H,3H2,1-2H3/q+1. The maximum atomic E-state index is 2.22. The van der Waals surface area contributed by atoms with E-state index < -0.39 is 0 Å². The van der Waals surface area contributed by atoms with E-state index in [0.29, 0.717) is 0 Å². The SMILES string of the molecule is CCC1C=[N+]1C.